The fourth-order valence-corrected chi connectivity index (χ4v) is 5.93. The van der Waals surface area contributed by atoms with Gasteiger partial charge < -0.3 is 13.9 Å². The van der Waals surface area contributed by atoms with Gasteiger partial charge in [-0.1, -0.05) is 91.5 Å². The first kappa shape index (κ1) is 37.0. The van der Waals surface area contributed by atoms with Crippen molar-refractivity contribution in [2.45, 2.75) is 93.4 Å². The Morgan fingerprint density at radius 1 is 0.854 bits per heavy atom. The van der Waals surface area contributed by atoms with Crippen molar-refractivity contribution in [1.29, 1.82) is 0 Å². The molecule has 6 rings (SSSR count). The van der Waals surface area contributed by atoms with Gasteiger partial charge in [0.05, 0.1) is 6.26 Å². The molecule has 1 radical (unpaired) electrons. The van der Waals surface area contributed by atoms with E-state index in [4.69, 9.17) is 8.83 Å². The average molecular weight is 824 g/mol. The maximum Gasteiger partial charge on any atom is 0.223 e. The van der Waals surface area contributed by atoms with Crippen LogP contribution in [0, 0.1) is 16.9 Å². The summed E-state index contributed by atoms with van der Waals surface area (Å²) >= 11 is 0. The second-order valence-corrected chi connectivity index (χ2v) is 14.1. The number of allylic oxidation sites excluding steroid dienone is 2. The number of ketones is 1. The number of carbonyl (C=O) groups excluding carboxylic acids is 1. The van der Waals surface area contributed by atoms with Gasteiger partial charge in [-0.2, -0.15) is 0 Å². The molecule has 0 aliphatic heterocycles. The first-order valence-corrected chi connectivity index (χ1v) is 16.7. The van der Waals surface area contributed by atoms with Crippen LogP contribution < -0.4 is 0 Å². The number of hydrogen-bond acceptors (Lipinski definition) is 6. The topological polar surface area (TPSA) is 89.4 Å². The summed E-state index contributed by atoms with van der Waals surface area (Å²) < 4.78 is 11.6. The number of furan rings is 2. The van der Waals surface area contributed by atoms with Crippen molar-refractivity contribution in [3.63, 3.8) is 0 Å². The van der Waals surface area contributed by atoms with Crippen LogP contribution in [0.2, 0.25) is 0 Å². The van der Waals surface area contributed by atoms with Gasteiger partial charge in [0, 0.05) is 64.9 Å². The van der Waals surface area contributed by atoms with Crippen molar-refractivity contribution in [3.05, 3.63) is 84.6 Å². The molecule has 255 valence electrons. The summed E-state index contributed by atoms with van der Waals surface area (Å²) in [5.74, 6) is 0.286. The first-order valence-electron chi connectivity index (χ1n) is 16.7. The maximum absolute atomic E-state index is 12.2. The largest absolute Gasteiger partial charge is 0.512 e. The van der Waals surface area contributed by atoms with Gasteiger partial charge in [0.1, 0.15) is 23.3 Å². The SMILES string of the molecule is CC(C)(C)c1cc(-c2ncnc3oc4cc5occc5cc4c23)[c-]c2ccccc12.CCC(C)(CC)C(=O)/C=C(\O)C(C)(CC)CC.[Ir]. The molecule has 48 heavy (non-hydrogen) atoms. The predicted octanol–water partition coefficient (Wildman–Crippen LogP) is 11.7. The number of benzene rings is 3. The van der Waals surface area contributed by atoms with Gasteiger partial charge in [-0.25, -0.2) is 4.98 Å². The minimum Gasteiger partial charge on any atom is -0.512 e. The van der Waals surface area contributed by atoms with Gasteiger partial charge in [-0.05, 0) is 43.2 Å². The summed E-state index contributed by atoms with van der Waals surface area (Å²) in [6, 6.07) is 20.1. The fraction of sp³-hybridized carbons (Fsp3) is 0.390. The van der Waals surface area contributed by atoms with E-state index in [0.29, 0.717) is 5.71 Å². The zero-order valence-electron chi connectivity index (χ0n) is 29.6. The van der Waals surface area contributed by atoms with Crippen molar-refractivity contribution in [1.82, 2.24) is 9.97 Å². The molecule has 6 aromatic rings. The third kappa shape index (κ3) is 6.99. The number of aromatic nitrogens is 2. The third-order valence-corrected chi connectivity index (χ3v) is 10.3. The Morgan fingerprint density at radius 3 is 2.17 bits per heavy atom. The van der Waals surface area contributed by atoms with Gasteiger partial charge >= 0.3 is 0 Å². The van der Waals surface area contributed by atoms with E-state index in [1.54, 1.807) is 12.6 Å². The molecule has 1 N–H and O–H groups in total. The third-order valence-electron chi connectivity index (χ3n) is 10.3. The van der Waals surface area contributed by atoms with Crippen LogP contribution in [0.25, 0.3) is 55.1 Å². The number of hydrogen-bond donors (Lipinski definition) is 1. The number of aliphatic hydroxyl groups excluding tert-OH is 1. The van der Waals surface area contributed by atoms with Crippen LogP contribution in [0.15, 0.2) is 81.8 Å². The zero-order chi connectivity index (χ0) is 34.1. The quantitative estimate of drug-likeness (QED) is 0.0934. The second-order valence-electron chi connectivity index (χ2n) is 14.1. The number of rotatable bonds is 8. The van der Waals surface area contributed by atoms with Crippen molar-refractivity contribution in [2.75, 3.05) is 0 Å². The fourth-order valence-electron chi connectivity index (χ4n) is 5.93. The van der Waals surface area contributed by atoms with E-state index < -0.39 is 0 Å². The number of fused-ring (bicyclic) bond motifs is 5. The maximum atomic E-state index is 12.2. The minimum absolute atomic E-state index is 0. The molecule has 0 unspecified atom stereocenters. The molecule has 0 saturated carbocycles. The molecule has 7 heteroatoms. The van der Waals surface area contributed by atoms with Crippen LogP contribution in [-0.4, -0.2) is 20.9 Å². The van der Waals surface area contributed by atoms with Crippen LogP contribution in [0.5, 0.6) is 0 Å². The Kier molecular flexibility index (Phi) is 11.1. The van der Waals surface area contributed by atoms with Gasteiger partial charge in [0.2, 0.25) is 5.71 Å². The van der Waals surface area contributed by atoms with Crippen LogP contribution >= 0.6 is 0 Å². The summed E-state index contributed by atoms with van der Waals surface area (Å²) in [4.78, 5) is 21.2. The Balaban J connectivity index is 0.000000251. The molecule has 0 bridgehead atoms. The van der Waals surface area contributed by atoms with Crippen LogP contribution in [0.3, 0.4) is 0 Å². The molecule has 0 saturated heterocycles. The molecule has 3 aromatic carbocycles. The van der Waals surface area contributed by atoms with E-state index in [0.717, 1.165) is 69.7 Å². The monoisotopic (exact) mass is 824 g/mol. The van der Waals surface area contributed by atoms with E-state index in [9.17, 15) is 9.90 Å². The number of carbonyl (C=O) groups is 1. The Bertz CT molecular complexity index is 2090. The van der Waals surface area contributed by atoms with Crippen LogP contribution in [-0.2, 0) is 30.3 Å². The Morgan fingerprint density at radius 2 is 1.52 bits per heavy atom. The average Bonchev–Trinajstić information content (AvgIpc) is 3.69. The number of aliphatic hydroxyl groups is 1. The molecular weight excluding hydrogens is 777 g/mol. The molecule has 3 heterocycles. The number of nitrogens with zero attached hydrogens (tertiary/aromatic N) is 2. The second kappa shape index (κ2) is 14.4. The van der Waals surface area contributed by atoms with Crippen molar-refractivity contribution < 1.29 is 38.8 Å². The van der Waals surface area contributed by atoms with E-state index in [2.05, 4.69) is 67.1 Å². The summed E-state index contributed by atoms with van der Waals surface area (Å²) in [6.07, 6.45) is 8.00. The summed E-state index contributed by atoms with van der Waals surface area (Å²) in [7, 11) is 0. The standard InChI is InChI=1S/C26H19N2O2.C15H28O2.Ir/c1-26(2,3)20-12-17(10-15-6-4-5-7-18(15)20)24-23-19-11-16-8-9-29-21(16)13-22(19)30-25(23)28-14-27-24;1-7-14(5,8-2)12(16)11-13(17)15(6,9-3)10-4;/h4-9,11-14H,1-3H3;11,16H,7-10H2,1-6H3;/q-1;;/b;12-11-;. The van der Waals surface area contributed by atoms with E-state index >= 15 is 0 Å². The van der Waals surface area contributed by atoms with Crippen LogP contribution in [0.4, 0.5) is 0 Å². The molecule has 3 aromatic heterocycles. The molecule has 0 aliphatic rings. The normalized spacial score (nSPS) is 12.7. The minimum atomic E-state index is -0.337. The van der Waals surface area contributed by atoms with Gasteiger partial charge in [0.15, 0.2) is 5.78 Å². The van der Waals surface area contributed by atoms with E-state index in [1.165, 1.54) is 17.0 Å². The van der Waals surface area contributed by atoms with Crippen molar-refractivity contribution >= 4 is 49.6 Å². The molecule has 0 spiro atoms. The molecule has 0 amide bonds. The van der Waals surface area contributed by atoms with Gasteiger partial charge in [-0.3, -0.25) is 9.78 Å². The zero-order valence-corrected chi connectivity index (χ0v) is 32.0. The molecule has 6 nitrogen and oxygen atoms in total. The van der Waals surface area contributed by atoms with Gasteiger partial charge in [0.25, 0.3) is 0 Å². The molecule has 0 aliphatic carbocycles. The Hall–Kier alpha value is -3.80. The van der Waals surface area contributed by atoms with Crippen molar-refractivity contribution in [2.24, 2.45) is 10.8 Å². The Labute approximate surface area is 297 Å². The predicted molar refractivity (Wildman–Crippen MR) is 193 cm³/mol. The van der Waals surface area contributed by atoms with Crippen LogP contribution in [0.1, 0.15) is 93.6 Å². The molecule has 0 atom stereocenters. The van der Waals surface area contributed by atoms with Gasteiger partial charge in [-0.15, -0.1) is 29.1 Å². The van der Waals surface area contributed by atoms with Crippen molar-refractivity contribution in [3.8, 4) is 11.3 Å². The molecule has 0 fully saturated rings. The molecular formula is C41H47IrN2O4-. The summed E-state index contributed by atoms with van der Waals surface area (Å²) in [5.41, 5.74) is 4.53. The summed E-state index contributed by atoms with van der Waals surface area (Å²) in [6.45, 7) is 18.8. The summed E-state index contributed by atoms with van der Waals surface area (Å²) in [5, 5.41) is 15.3. The smallest absolute Gasteiger partial charge is 0.223 e. The first-order chi connectivity index (χ1) is 22.3. The van der Waals surface area contributed by atoms with E-state index in [-0.39, 0.29) is 47.9 Å². The van der Waals surface area contributed by atoms with E-state index in [1.807, 2.05) is 59.7 Å².